The van der Waals surface area contributed by atoms with E-state index in [4.69, 9.17) is 23.2 Å². The minimum atomic E-state index is -3.07. The van der Waals surface area contributed by atoms with Crippen molar-refractivity contribution in [3.63, 3.8) is 0 Å². The van der Waals surface area contributed by atoms with E-state index in [1.165, 1.54) is 13.1 Å². The van der Waals surface area contributed by atoms with Gasteiger partial charge in [-0.25, -0.2) is 9.07 Å². The fraction of sp³-hybridized carbons (Fsp3) is 0.167. The number of halogens is 5. The van der Waals surface area contributed by atoms with Crippen LogP contribution in [0.2, 0.25) is 10.2 Å². The molecule has 0 radical (unpaired) electrons. The first-order valence-electron chi connectivity index (χ1n) is 5.89. The van der Waals surface area contributed by atoms with Gasteiger partial charge >= 0.3 is 6.61 Å². The van der Waals surface area contributed by atoms with Crippen molar-refractivity contribution in [3.05, 3.63) is 28.1 Å². The Morgan fingerprint density at radius 3 is 2.73 bits per heavy atom. The number of hydrogen-bond donors (Lipinski definition) is 1. The summed E-state index contributed by atoms with van der Waals surface area (Å²) in [6.45, 7) is -3.07. The van der Waals surface area contributed by atoms with Crippen LogP contribution in [0.15, 0.2) is 12.1 Å². The first kappa shape index (κ1) is 15.0. The number of nitrogens with zero attached hydrogens (tertiary/aromatic N) is 3. The van der Waals surface area contributed by atoms with Gasteiger partial charge in [-0.2, -0.15) is 19.0 Å². The molecule has 2 aromatic heterocycles. The molecule has 2 heterocycles. The van der Waals surface area contributed by atoms with Gasteiger partial charge in [0.05, 0.1) is 5.52 Å². The normalized spacial score (nSPS) is 11.6. The maximum Gasteiger partial charge on any atom is 0.388 e. The Kier molecular flexibility index (Phi) is 3.65. The molecule has 0 atom stereocenters. The summed E-state index contributed by atoms with van der Waals surface area (Å²) < 4.78 is 44.2. The highest BCUT2D eigenvalue weighted by atomic mass is 35.5. The maximum atomic E-state index is 14.2. The molecule has 0 bridgehead atoms. The summed E-state index contributed by atoms with van der Waals surface area (Å²) in [4.78, 5) is 0. The van der Waals surface area contributed by atoms with E-state index in [0.717, 1.165) is 10.7 Å². The largest absolute Gasteiger partial charge is 0.416 e. The molecule has 10 heteroatoms. The second-order valence-corrected chi connectivity index (χ2v) is 5.11. The molecule has 0 aliphatic rings. The molecule has 0 aliphatic heterocycles. The predicted molar refractivity (Wildman–Crippen MR) is 74.9 cm³/mol. The van der Waals surface area contributed by atoms with Gasteiger partial charge in [0.15, 0.2) is 0 Å². The summed E-state index contributed by atoms with van der Waals surface area (Å²) in [6, 6.07) is 2.53. The molecule has 0 aliphatic carbocycles. The molecule has 0 saturated heterocycles. The highest BCUT2D eigenvalue weighted by Crippen LogP contribution is 2.38. The van der Waals surface area contributed by atoms with E-state index < -0.39 is 12.4 Å². The number of nitrogens with one attached hydrogen (secondary N) is 1. The number of fused-ring (bicyclic) bond motifs is 1. The minimum Gasteiger partial charge on any atom is -0.416 e. The molecule has 0 amide bonds. The van der Waals surface area contributed by atoms with Crippen LogP contribution in [0.25, 0.3) is 22.2 Å². The molecule has 1 aromatic carbocycles. The number of aryl methyl sites for hydroxylation is 1. The third-order valence-electron chi connectivity index (χ3n) is 2.99. The smallest absolute Gasteiger partial charge is 0.388 e. The van der Waals surface area contributed by atoms with Crippen LogP contribution in [-0.2, 0) is 7.05 Å². The molecular formula is C12H7Cl2F3N4O. The zero-order chi connectivity index (χ0) is 16.0. The third-order valence-corrected chi connectivity index (χ3v) is 3.62. The minimum absolute atomic E-state index is 0.000355. The SMILES string of the molecule is Cn1nc(-c2cc3n[nH]c(Cl)c3cc2F)c(Cl)c1OC(F)F. The summed E-state index contributed by atoms with van der Waals surface area (Å²) >= 11 is 11.8. The Balaban J connectivity index is 2.17. The number of aromatic nitrogens is 4. The van der Waals surface area contributed by atoms with E-state index in [2.05, 4.69) is 20.0 Å². The Labute approximate surface area is 131 Å². The van der Waals surface area contributed by atoms with Gasteiger partial charge in [0.2, 0.25) is 5.88 Å². The van der Waals surface area contributed by atoms with E-state index in [1.807, 2.05) is 0 Å². The highest BCUT2D eigenvalue weighted by molar-refractivity contribution is 6.35. The maximum absolute atomic E-state index is 14.2. The van der Waals surface area contributed by atoms with Crippen molar-refractivity contribution >= 4 is 34.1 Å². The molecular weight excluding hydrogens is 344 g/mol. The summed E-state index contributed by atoms with van der Waals surface area (Å²) in [5, 5.41) is 10.7. The Morgan fingerprint density at radius 2 is 2.05 bits per heavy atom. The highest BCUT2D eigenvalue weighted by Gasteiger charge is 2.23. The molecule has 1 N–H and O–H groups in total. The number of aromatic amines is 1. The molecule has 0 saturated carbocycles. The number of H-pyrrole nitrogens is 1. The fourth-order valence-electron chi connectivity index (χ4n) is 2.05. The Hall–Kier alpha value is -1.93. The first-order valence-corrected chi connectivity index (χ1v) is 6.65. The van der Waals surface area contributed by atoms with Gasteiger partial charge in [-0.1, -0.05) is 23.2 Å². The molecule has 116 valence electrons. The number of rotatable bonds is 3. The van der Waals surface area contributed by atoms with Gasteiger partial charge in [-0.05, 0) is 12.1 Å². The lowest BCUT2D eigenvalue weighted by Gasteiger charge is -2.04. The van der Waals surface area contributed by atoms with Crippen LogP contribution in [0, 0.1) is 5.82 Å². The van der Waals surface area contributed by atoms with Crippen molar-refractivity contribution < 1.29 is 17.9 Å². The summed E-state index contributed by atoms with van der Waals surface area (Å²) in [7, 11) is 1.36. The zero-order valence-electron chi connectivity index (χ0n) is 10.9. The lowest BCUT2D eigenvalue weighted by atomic mass is 10.1. The van der Waals surface area contributed by atoms with Crippen molar-refractivity contribution in [1.82, 2.24) is 20.0 Å². The van der Waals surface area contributed by atoms with Crippen LogP contribution >= 0.6 is 23.2 Å². The molecule has 0 fully saturated rings. The Bertz CT molecular complexity index is 862. The quantitative estimate of drug-likeness (QED) is 0.776. The topological polar surface area (TPSA) is 55.7 Å². The Morgan fingerprint density at radius 1 is 1.32 bits per heavy atom. The number of ether oxygens (including phenoxy) is 1. The number of benzene rings is 1. The summed E-state index contributed by atoms with van der Waals surface area (Å²) in [6.07, 6.45) is 0. The van der Waals surface area contributed by atoms with Gasteiger partial charge in [-0.3, -0.25) is 5.10 Å². The number of hydrogen-bond acceptors (Lipinski definition) is 3. The standard InChI is InChI=1S/C12H7Cl2F3N4O/c1-21-11(22-12(16)17)8(13)9(20-21)4-3-7-5(2-6(4)15)10(14)19-18-7/h2-3,12H,1H3,(H,18,19). The van der Waals surface area contributed by atoms with Crippen molar-refractivity contribution in [3.8, 4) is 17.1 Å². The lowest BCUT2D eigenvalue weighted by molar-refractivity contribution is -0.0552. The second kappa shape index (κ2) is 5.36. The van der Waals surface area contributed by atoms with E-state index in [-0.39, 0.29) is 27.3 Å². The van der Waals surface area contributed by atoms with Gasteiger partial charge < -0.3 is 4.74 Å². The van der Waals surface area contributed by atoms with Crippen molar-refractivity contribution in [2.24, 2.45) is 7.05 Å². The van der Waals surface area contributed by atoms with E-state index in [0.29, 0.717) is 10.9 Å². The first-order chi connectivity index (χ1) is 10.4. The lowest BCUT2D eigenvalue weighted by Crippen LogP contribution is -2.06. The predicted octanol–water partition coefficient (Wildman–Crippen LogP) is 4.01. The molecule has 22 heavy (non-hydrogen) atoms. The van der Waals surface area contributed by atoms with Crippen molar-refractivity contribution in [2.45, 2.75) is 6.61 Å². The summed E-state index contributed by atoms with van der Waals surface area (Å²) in [5.74, 6) is -1.02. The molecule has 0 spiro atoms. The molecule has 0 unspecified atom stereocenters. The average Bonchev–Trinajstić information content (AvgIpc) is 2.93. The second-order valence-electron chi connectivity index (χ2n) is 4.36. The van der Waals surface area contributed by atoms with Crippen molar-refractivity contribution in [2.75, 3.05) is 0 Å². The third kappa shape index (κ3) is 2.38. The van der Waals surface area contributed by atoms with Crippen LogP contribution in [0.4, 0.5) is 13.2 Å². The van der Waals surface area contributed by atoms with E-state index in [1.54, 1.807) is 0 Å². The van der Waals surface area contributed by atoms with Crippen LogP contribution in [0.5, 0.6) is 5.88 Å². The van der Waals surface area contributed by atoms with Gasteiger partial charge in [-0.15, -0.1) is 0 Å². The molecule has 3 aromatic rings. The van der Waals surface area contributed by atoms with Gasteiger partial charge in [0.1, 0.15) is 21.7 Å². The van der Waals surface area contributed by atoms with Gasteiger partial charge in [0.25, 0.3) is 0 Å². The van der Waals surface area contributed by atoms with Crippen LogP contribution in [0.1, 0.15) is 0 Å². The summed E-state index contributed by atoms with van der Waals surface area (Å²) in [5.41, 5.74) is 0.359. The number of alkyl halides is 2. The van der Waals surface area contributed by atoms with Crippen molar-refractivity contribution in [1.29, 1.82) is 0 Å². The van der Waals surface area contributed by atoms with E-state index >= 15 is 0 Å². The van der Waals surface area contributed by atoms with Crippen LogP contribution < -0.4 is 4.74 Å². The van der Waals surface area contributed by atoms with E-state index in [9.17, 15) is 13.2 Å². The monoisotopic (exact) mass is 350 g/mol. The fourth-order valence-corrected chi connectivity index (χ4v) is 2.55. The molecule has 3 rings (SSSR count). The van der Waals surface area contributed by atoms with Crippen LogP contribution in [-0.4, -0.2) is 26.6 Å². The zero-order valence-corrected chi connectivity index (χ0v) is 12.4. The molecule has 5 nitrogen and oxygen atoms in total. The van der Waals surface area contributed by atoms with Crippen LogP contribution in [0.3, 0.4) is 0 Å². The average molecular weight is 351 g/mol. The van der Waals surface area contributed by atoms with Gasteiger partial charge in [0, 0.05) is 18.0 Å².